The highest BCUT2D eigenvalue weighted by Crippen LogP contribution is 1.78. The molecule has 0 fully saturated rings. The van der Waals surface area contributed by atoms with Gasteiger partial charge in [0.2, 0.25) is 0 Å². The van der Waals surface area contributed by atoms with Gasteiger partial charge in [-0.1, -0.05) is 6.08 Å². The normalized spacial score (nSPS) is 9.88. The average molecular weight is 118 g/mol. The quantitative estimate of drug-likeness (QED) is 0.297. The largest absolute Gasteiger partial charge is 0.372 e. The molecule has 0 rings (SSSR count). The van der Waals surface area contributed by atoms with Crippen LogP contribution in [0.15, 0.2) is 12.7 Å². The lowest BCUT2D eigenvalue weighted by Crippen LogP contribution is -2.13. The second-order valence-corrected chi connectivity index (χ2v) is 1.31. The SMILES string of the molecule is C=CCOCC(O)O. The van der Waals surface area contributed by atoms with Crippen LogP contribution in [0.25, 0.3) is 0 Å². The molecule has 0 aliphatic rings. The molecule has 48 valence electrons. The van der Waals surface area contributed by atoms with Crippen molar-refractivity contribution in [1.82, 2.24) is 0 Å². The smallest absolute Gasteiger partial charge is 0.175 e. The van der Waals surface area contributed by atoms with Gasteiger partial charge in [-0.3, -0.25) is 0 Å². The second-order valence-electron chi connectivity index (χ2n) is 1.31. The van der Waals surface area contributed by atoms with Gasteiger partial charge in [0.05, 0.1) is 13.2 Å². The molecule has 0 heterocycles. The van der Waals surface area contributed by atoms with Crippen LogP contribution in [0.5, 0.6) is 0 Å². The number of aliphatic hydroxyl groups excluding tert-OH is 1. The summed E-state index contributed by atoms with van der Waals surface area (Å²) in [5.41, 5.74) is 0. The molecule has 0 aromatic carbocycles. The lowest BCUT2D eigenvalue weighted by Gasteiger charge is -2.00. The van der Waals surface area contributed by atoms with Crippen LogP contribution in [0.3, 0.4) is 0 Å². The zero-order chi connectivity index (χ0) is 6.41. The molecule has 0 aliphatic carbocycles. The molecule has 2 N–H and O–H groups in total. The molecular weight excluding hydrogens is 108 g/mol. The van der Waals surface area contributed by atoms with Crippen molar-refractivity contribution in [2.45, 2.75) is 6.29 Å². The number of aliphatic hydroxyl groups is 2. The topological polar surface area (TPSA) is 49.7 Å². The predicted octanol–water partition coefficient (Wildman–Crippen LogP) is -0.500. The molecule has 8 heavy (non-hydrogen) atoms. The van der Waals surface area contributed by atoms with Gasteiger partial charge in [-0.05, 0) is 0 Å². The zero-order valence-corrected chi connectivity index (χ0v) is 4.58. The van der Waals surface area contributed by atoms with E-state index >= 15 is 0 Å². The van der Waals surface area contributed by atoms with Crippen molar-refractivity contribution in [1.29, 1.82) is 0 Å². The fraction of sp³-hybridized carbons (Fsp3) is 0.600. The third-order valence-corrected chi connectivity index (χ3v) is 0.503. The lowest BCUT2D eigenvalue weighted by molar-refractivity contribution is -0.0904. The molecule has 0 saturated heterocycles. The number of ether oxygens (including phenoxy) is 1. The molecule has 0 aromatic rings. The molecule has 0 aliphatic heterocycles. The molecular formula is C5H10O3. The van der Waals surface area contributed by atoms with Crippen LogP contribution in [-0.4, -0.2) is 29.7 Å². The van der Waals surface area contributed by atoms with Gasteiger partial charge in [0, 0.05) is 0 Å². The molecule has 3 heteroatoms. The average Bonchev–Trinajstić information content (AvgIpc) is 1.66. The minimum atomic E-state index is -1.37. The number of hydrogen-bond acceptors (Lipinski definition) is 3. The fourth-order valence-corrected chi connectivity index (χ4v) is 0.257. The van der Waals surface area contributed by atoms with Crippen LogP contribution < -0.4 is 0 Å². The van der Waals surface area contributed by atoms with E-state index in [1.807, 2.05) is 0 Å². The van der Waals surface area contributed by atoms with Crippen molar-refractivity contribution >= 4 is 0 Å². The minimum absolute atomic E-state index is 0.0496. The van der Waals surface area contributed by atoms with Gasteiger partial charge in [0.15, 0.2) is 6.29 Å². The Morgan fingerprint density at radius 3 is 2.62 bits per heavy atom. The number of hydrogen-bond donors (Lipinski definition) is 2. The van der Waals surface area contributed by atoms with Crippen LogP contribution in [-0.2, 0) is 4.74 Å². The van der Waals surface area contributed by atoms with E-state index in [0.29, 0.717) is 6.61 Å². The Balaban J connectivity index is 2.81. The maximum atomic E-state index is 8.18. The molecule has 0 bridgehead atoms. The molecule has 0 atom stereocenters. The first-order valence-corrected chi connectivity index (χ1v) is 2.32. The van der Waals surface area contributed by atoms with Crippen LogP contribution in [0.1, 0.15) is 0 Å². The molecule has 0 unspecified atom stereocenters. The molecule has 0 saturated carbocycles. The maximum absolute atomic E-state index is 8.18. The summed E-state index contributed by atoms with van der Waals surface area (Å²) in [6.07, 6.45) is 0.178. The monoisotopic (exact) mass is 118 g/mol. The highest BCUT2D eigenvalue weighted by Gasteiger charge is 1.92. The molecule has 0 radical (unpaired) electrons. The van der Waals surface area contributed by atoms with Crippen molar-refractivity contribution in [2.75, 3.05) is 13.2 Å². The highest BCUT2D eigenvalue weighted by molar-refractivity contribution is 4.63. The van der Waals surface area contributed by atoms with Crippen molar-refractivity contribution in [2.24, 2.45) is 0 Å². The van der Waals surface area contributed by atoms with Crippen molar-refractivity contribution < 1.29 is 14.9 Å². The maximum Gasteiger partial charge on any atom is 0.175 e. The third-order valence-electron chi connectivity index (χ3n) is 0.503. The van der Waals surface area contributed by atoms with E-state index in [4.69, 9.17) is 10.2 Å². The van der Waals surface area contributed by atoms with Gasteiger partial charge in [-0.2, -0.15) is 0 Å². The number of rotatable bonds is 4. The standard InChI is InChI=1S/C5H10O3/c1-2-3-8-4-5(6)7/h2,5-7H,1,3-4H2. The van der Waals surface area contributed by atoms with Crippen LogP contribution >= 0.6 is 0 Å². The van der Waals surface area contributed by atoms with Crippen molar-refractivity contribution in [3.05, 3.63) is 12.7 Å². The van der Waals surface area contributed by atoms with Crippen molar-refractivity contribution in [3.8, 4) is 0 Å². The molecule has 0 spiro atoms. The second kappa shape index (κ2) is 4.77. The van der Waals surface area contributed by atoms with E-state index in [2.05, 4.69) is 11.3 Å². The van der Waals surface area contributed by atoms with E-state index in [1.54, 1.807) is 6.08 Å². The summed E-state index contributed by atoms with van der Waals surface area (Å²) in [7, 11) is 0. The Hall–Kier alpha value is -0.380. The Morgan fingerprint density at radius 2 is 2.25 bits per heavy atom. The fourth-order valence-electron chi connectivity index (χ4n) is 0.257. The minimum Gasteiger partial charge on any atom is -0.372 e. The van der Waals surface area contributed by atoms with Gasteiger partial charge in [0.1, 0.15) is 0 Å². The summed E-state index contributed by atoms with van der Waals surface area (Å²) >= 11 is 0. The van der Waals surface area contributed by atoms with Gasteiger partial charge in [-0.15, -0.1) is 6.58 Å². The molecule has 3 nitrogen and oxygen atoms in total. The summed E-state index contributed by atoms with van der Waals surface area (Å²) in [4.78, 5) is 0. The first-order valence-electron chi connectivity index (χ1n) is 2.32. The first kappa shape index (κ1) is 7.62. The molecule has 0 aromatic heterocycles. The van der Waals surface area contributed by atoms with E-state index in [1.165, 1.54) is 0 Å². The Morgan fingerprint density at radius 1 is 1.62 bits per heavy atom. The van der Waals surface area contributed by atoms with E-state index < -0.39 is 6.29 Å². The summed E-state index contributed by atoms with van der Waals surface area (Å²) in [5, 5.41) is 16.4. The summed E-state index contributed by atoms with van der Waals surface area (Å²) < 4.78 is 4.63. The first-order chi connectivity index (χ1) is 3.77. The van der Waals surface area contributed by atoms with Crippen molar-refractivity contribution in [3.63, 3.8) is 0 Å². The van der Waals surface area contributed by atoms with E-state index in [0.717, 1.165) is 0 Å². The summed E-state index contributed by atoms with van der Waals surface area (Å²) in [6, 6.07) is 0. The van der Waals surface area contributed by atoms with Crippen LogP contribution in [0, 0.1) is 0 Å². The van der Waals surface area contributed by atoms with Crippen LogP contribution in [0.4, 0.5) is 0 Å². The van der Waals surface area contributed by atoms with Gasteiger partial charge < -0.3 is 14.9 Å². The summed E-state index contributed by atoms with van der Waals surface area (Å²) in [6.45, 7) is 3.68. The van der Waals surface area contributed by atoms with Gasteiger partial charge >= 0.3 is 0 Å². The Bertz CT molecular complexity index is 60.7. The zero-order valence-electron chi connectivity index (χ0n) is 4.58. The van der Waals surface area contributed by atoms with Crippen LogP contribution in [0.2, 0.25) is 0 Å². The van der Waals surface area contributed by atoms with Gasteiger partial charge in [-0.25, -0.2) is 0 Å². The Kier molecular flexibility index (Phi) is 4.54. The van der Waals surface area contributed by atoms with Gasteiger partial charge in [0.25, 0.3) is 0 Å². The predicted molar refractivity (Wildman–Crippen MR) is 29.2 cm³/mol. The summed E-state index contributed by atoms with van der Waals surface area (Å²) in [5.74, 6) is 0. The highest BCUT2D eigenvalue weighted by atomic mass is 16.5. The lowest BCUT2D eigenvalue weighted by atomic mass is 10.6. The molecule has 0 amide bonds. The Labute approximate surface area is 48.2 Å². The third kappa shape index (κ3) is 5.62. The van der Waals surface area contributed by atoms with E-state index in [-0.39, 0.29) is 6.61 Å². The van der Waals surface area contributed by atoms with E-state index in [9.17, 15) is 0 Å².